The molecule has 1 aliphatic carbocycles. The lowest BCUT2D eigenvalue weighted by molar-refractivity contribution is -0.141. The molecule has 1 amide bonds. The Hall–Kier alpha value is -1.99. The Bertz CT molecular complexity index is 946. The summed E-state index contributed by atoms with van der Waals surface area (Å²) < 4.78 is 0. The zero-order chi connectivity index (χ0) is 20.2. The molecule has 3 heterocycles. The SMILES string of the molecule is CC(C)(C)C1CCc2nc3sc(C(=O)N4C[C@H](O)C[C@@H]4C(=O)O)cc3cc2C1. The van der Waals surface area contributed by atoms with Gasteiger partial charge in [-0.2, -0.15) is 0 Å². The molecule has 2 N–H and O–H groups in total. The molecular formula is C21H26N2O4S. The molecule has 0 aromatic carbocycles. The van der Waals surface area contributed by atoms with Crippen LogP contribution in [0.2, 0.25) is 0 Å². The second-order valence-corrected chi connectivity index (χ2v) is 10.1. The van der Waals surface area contributed by atoms with Gasteiger partial charge in [-0.25, -0.2) is 9.78 Å². The van der Waals surface area contributed by atoms with Crippen molar-refractivity contribution in [2.45, 2.75) is 58.6 Å². The van der Waals surface area contributed by atoms with Crippen LogP contribution in [0.5, 0.6) is 0 Å². The molecule has 6 nitrogen and oxygen atoms in total. The zero-order valence-corrected chi connectivity index (χ0v) is 17.3. The molecule has 1 saturated heterocycles. The van der Waals surface area contributed by atoms with Gasteiger partial charge in [0.05, 0.1) is 11.0 Å². The number of likely N-dealkylation sites (tertiary alicyclic amines) is 1. The lowest BCUT2D eigenvalue weighted by Gasteiger charge is -2.34. The summed E-state index contributed by atoms with van der Waals surface area (Å²) in [5.41, 5.74) is 2.63. The van der Waals surface area contributed by atoms with Crippen molar-refractivity contribution in [3.63, 3.8) is 0 Å². The topological polar surface area (TPSA) is 90.7 Å². The molecule has 28 heavy (non-hydrogen) atoms. The van der Waals surface area contributed by atoms with E-state index in [0.29, 0.717) is 10.8 Å². The molecule has 0 saturated carbocycles. The predicted octanol–water partition coefficient (Wildman–Crippen LogP) is 3.11. The van der Waals surface area contributed by atoms with Gasteiger partial charge < -0.3 is 15.1 Å². The second-order valence-electron chi connectivity index (χ2n) is 9.11. The molecule has 2 aromatic heterocycles. The van der Waals surface area contributed by atoms with Gasteiger partial charge in [0.25, 0.3) is 5.91 Å². The van der Waals surface area contributed by atoms with Crippen molar-refractivity contribution < 1.29 is 19.8 Å². The van der Waals surface area contributed by atoms with Gasteiger partial charge in [0, 0.05) is 24.0 Å². The third-order valence-electron chi connectivity index (χ3n) is 6.13. The van der Waals surface area contributed by atoms with Crippen molar-refractivity contribution >= 4 is 33.4 Å². The van der Waals surface area contributed by atoms with Crippen LogP contribution in [-0.4, -0.2) is 50.7 Å². The number of amides is 1. The molecule has 3 atom stereocenters. The van der Waals surface area contributed by atoms with E-state index in [-0.39, 0.29) is 24.3 Å². The highest BCUT2D eigenvalue weighted by molar-refractivity contribution is 7.20. The monoisotopic (exact) mass is 402 g/mol. The van der Waals surface area contributed by atoms with E-state index >= 15 is 0 Å². The van der Waals surface area contributed by atoms with Gasteiger partial charge >= 0.3 is 5.97 Å². The number of hydrogen-bond acceptors (Lipinski definition) is 5. The smallest absolute Gasteiger partial charge is 0.326 e. The van der Waals surface area contributed by atoms with Crippen LogP contribution in [0.4, 0.5) is 0 Å². The Labute approximate surface area is 168 Å². The van der Waals surface area contributed by atoms with Crippen LogP contribution in [0.3, 0.4) is 0 Å². The number of aromatic nitrogens is 1. The number of thiophene rings is 1. The third kappa shape index (κ3) is 3.42. The van der Waals surface area contributed by atoms with E-state index in [1.165, 1.54) is 21.8 Å². The summed E-state index contributed by atoms with van der Waals surface area (Å²) in [5, 5.41) is 20.1. The van der Waals surface area contributed by atoms with Crippen LogP contribution in [0.15, 0.2) is 12.1 Å². The van der Waals surface area contributed by atoms with Crippen molar-refractivity contribution in [3.05, 3.63) is 28.3 Å². The number of pyridine rings is 1. The first-order valence-corrected chi connectivity index (χ1v) is 10.6. The number of β-amino-alcohol motifs (C(OH)–C–C–N with tert-alkyl or cyclic N) is 1. The molecule has 1 aliphatic heterocycles. The molecule has 0 spiro atoms. The molecule has 1 fully saturated rings. The summed E-state index contributed by atoms with van der Waals surface area (Å²) in [4.78, 5) is 31.7. The number of rotatable bonds is 2. The molecule has 2 aliphatic rings. The fourth-order valence-electron chi connectivity index (χ4n) is 4.38. The molecule has 150 valence electrons. The van der Waals surface area contributed by atoms with Gasteiger partial charge in [0.15, 0.2) is 0 Å². The minimum Gasteiger partial charge on any atom is -0.480 e. The lowest BCUT2D eigenvalue weighted by atomic mass is 9.71. The van der Waals surface area contributed by atoms with Crippen molar-refractivity contribution in [2.75, 3.05) is 6.54 Å². The molecule has 4 rings (SSSR count). The summed E-state index contributed by atoms with van der Waals surface area (Å²) in [7, 11) is 0. The molecule has 0 bridgehead atoms. The van der Waals surface area contributed by atoms with Crippen LogP contribution in [0.25, 0.3) is 10.2 Å². The second kappa shape index (κ2) is 6.81. The summed E-state index contributed by atoms with van der Waals surface area (Å²) in [6.07, 6.45) is 2.36. The maximum Gasteiger partial charge on any atom is 0.326 e. The number of carbonyl (C=O) groups excluding carboxylic acids is 1. The zero-order valence-electron chi connectivity index (χ0n) is 16.4. The minimum absolute atomic E-state index is 0.0568. The number of hydrogen-bond donors (Lipinski definition) is 2. The highest BCUT2D eigenvalue weighted by atomic mass is 32.1. The molecule has 2 aromatic rings. The van der Waals surface area contributed by atoms with Crippen LogP contribution >= 0.6 is 11.3 Å². The van der Waals surface area contributed by atoms with Gasteiger partial charge in [0.1, 0.15) is 10.9 Å². The van der Waals surface area contributed by atoms with E-state index in [9.17, 15) is 19.8 Å². The Morgan fingerprint density at radius 3 is 2.71 bits per heavy atom. The normalized spacial score (nSPS) is 25.1. The molecule has 7 heteroatoms. The quantitative estimate of drug-likeness (QED) is 0.805. The Balaban J connectivity index is 1.64. The fraction of sp³-hybridized carbons (Fsp3) is 0.571. The maximum absolute atomic E-state index is 12.9. The van der Waals surface area contributed by atoms with E-state index in [4.69, 9.17) is 4.98 Å². The maximum atomic E-state index is 12.9. The third-order valence-corrected chi connectivity index (χ3v) is 7.17. The summed E-state index contributed by atoms with van der Waals surface area (Å²) in [6.45, 7) is 6.89. The average molecular weight is 403 g/mol. The summed E-state index contributed by atoms with van der Waals surface area (Å²) >= 11 is 1.31. The van der Waals surface area contributed by atoms with Crippen molar-refractivity contribution in [1.82, 2.24) is 9.88 Å². The van der Waals surface area contributed by atoms with E-state index in [1.54, 1.807) is 0 Å². The highest BCUT2D eigenvalue weighted by Crippen LogP contribution is 2.38. The van der Waals surface area contributed by atoms with Crippen LogP contribution in [0, 0.1) is 11.3 Å². The van der Waals surface area contributed by atoms with E-state index in [0.717, 1.165) is 35.2 Å². The van der Waals surface area contributed by atoms with E-state index in [1.807, 2.05) is 6.07 Å². The predicted molar refractivity (Wildman–Crippen MR) is 108 cm³/mol. The number of carboxylic acid groups (broad SMARTS) is 1. The van der Waals surface area contributed by atoms with Gasteiger partial charge in [-0.3, -0.25) is 4.79 Å². The lowest BCUT2D eigenvalue weighted by Crippen LogP contribution is -2.40. The largest absolute Gasteiger partial charge is 0.480 e. The first-order valence-electron chi connectivity index (χ1n) is 9.77. The first-order chi connectivity index (χ1) is 13.1. The first kappa shape index (κ1) is 19.3. The Morgan fingerprint density at radius 1 is 1.29 bits per heavy atom. The van der Waals surface area contributed by atoms with Crippen LogP contribution < -0.4 is 0 Å². The van der Waals surface area contributed by atoms with Gasteiger partial charge in [0.2, 0.25) is 0 Å². The molecule has 0 radical (unpaired) electrons. The number of fused-ring (bicyclic) bond motifs is 2. The number of carbonyl (C=O) groups is 2. The van der Waals surface area contributed by atoms with Crippen LogP contribution in [-0.2, 0) is 17.6 Å². The molecule has 1 unspecified atom stereocenters. The van der Waals surface area contributed by atoms with Gasteiger partial charge in [-0.1, -0.05) is 20.8 Å². The van der Waals surface area contributed by atoms with Crippen molar-refractivity contribution in [1.29, 1.82) is 0 Å². The standard InChI is InChI=1S/C21H26N2O4S/c1-21(2,3)13-4-5-15-11(7-13)6-12-8-17(28-18(12)22-15)19(25)23-10-14(24)9-16(23)20(26)27/h6,8,13-14,16,24H,4-5,7,9-10H2,1-3H3,(H,26,27)/t13?,14-,16-/m1/s1. The Kier molecular flexibility index (Phi) is 4.70. The summed E-state index contributed by atoms with van der Waals surface area (Å²) in [6, 6.07) is 3.00. The average Bonchev–Trinajstić information content (AvgIpc) is 3.20. The fourth-order valence-corrected chi connectivity index (χ4v) is 5.37. The Morgan fingerprint density at radius 2 is 2.04 bits per heavy atom. The number of nitrogens with zero attached hydrogens (tertiary/aromatic N) is 2. The van der Waals surface area contributed by atoms with E-state index in [2.05, 4.69) is 26.8 Å². The summed E-state index contributed by atoms with van der Waals surface area (Å²) in [5.74, 6) is -0.799. The van der Waals surface area contributed by atoms with Gasteiger partial charge in [-0.15, -0.1) is 11.3 Å². The number of aryl methyl sites for hydroxylation is 1. The van der Waals surface area contributed by atoms with Crippen LogP contribution in [0.1, 0.15) is 54.5 Å². The number of aliphatic hydroxyl groups excluding tert-OH is 1. The minimum atomic E-state index is -1.08. The van der Waals surface area contributed by atoms with Crippen molar-refractivity contribution in [3.8, 4) is 0 Å². The van der Waals surface area contributed by atoms with Gasteiger partial charge in [-0.05, 0) is 48.3 Å². The van der Waals surface area contributed by atoms with Crippen molar-refractivity contribution in [2.24, 2.45) is 11.3 Å². The number of aliphatic carboxylic acids is 1. The number of aliphatic hydroxyl groups is 1. The molecular weight excluding hydrogens is 376 g/mol. The van der Waals surface area contributed by atoms with E-state index < -0.39 is 18.1 Å². The number of carboxylic acids is 1. The highest BCUT2D eigenvalue weighted by Gasteiger charge is 2.40.